The Kier molecular flexibility index (Phi) is 3.12. The van der Waals surface area contributed by atoms with Gasteiger partial charge in [0.1, 0.15) is 17.5 Å². The number of hydrogen-bond acceptors (Lipinski definition) is 3. The highest BCUT2D eigenvalue weighted by Gasteiger charge is 2.33. The number of benzene rings is 1. The molecule has 0 fully saturated rings. The Morgan fingerprint density at radius 1 is 1.22 bits per heavy atom. The van der Waals surface area contributed by atoms with Crippen molar-refractivity contribution in [3.63, 3.8) is 0 Å². The lowest BCUT2D eigenvalue weighted by molar-refractivity contribution is 0.0704. The topological polar surface area (TPSA) is 49.6 Å². The average Bonchev–Trinajstić information content (AvgIpc) is 3.01. The van der Waals surface area contributed by atoms with E-state index in [1.165, 1.54) is 0 Å². The maximum Gasteiger partial charge on any atom is 0.258 e. The van der Waals surface area contributed by atoms with Crippen LogP contribution in [0.4, 0.5) is 5.69 Å². The van der Waals surface area contributed by atoms with Crippen molar-refractivity contribution in [1.29, 1.82) is 0 Å². The number of aromatic nitrogens is 2. The molecule has 5 heteroatoms. The summed E-state index contributed by atoms with van der Waals surface area (Å²) in [5.74, 6) is -0.0127. The second-order valence-corrected chi connectivity index (χ2v) is 5.47. The number of carbonyl (C=O) groups is 1. The van der Waals surface area contributed by atoms with Crippen molar-refractivity contribution in [2.45, 2.75) is 6.17 Å². The van der Waals surface area contributed by atoms with Gasteiger partial charge in [0, 0.05) is 24.6 Å². The predicted molar refractivity (Wildman–Crippen MR) is 89.2 cm³/mol. The number of amides is 1. The number of para-hydroxylation sites is 1. The SMILES string of the molecule is C=CCN1C(=O)c2ccccc2N[C@@H]1c1cn2ccccc2n1. The minimum atomic E-state index is -0.310. The monoisotopic (exact) mass is 304 g/mol. The van der Waals surface area contributed by atoms with E-state index < -0.39 is 0 Å². The van der Waals surface area contributed by atoms with Crippen LogP contribution in [0.5, 0.6) is 0 Å². The molecule has 1 N–H and O–H groups in total. The number of fused-ring (bicyclic) bond motifs is 2. The van der Waals surface area contributed by atoms with Gasteiger partial charge in [-0.25, -0.2) is 4.98 Å². The van der Waals surface area contributed by atoms with Crippen LogP contribution in [0.15, 0.2) is 67.5 Å². The molecular formula is C18H16N4O. The van der Waals surface area contributed by atoms with Gasteiger partial charge in [-0.1, -0.05) is 24.3 Å². The molecule has 1 atom stereocenters. The second-order valence-electron chi connectivity index (χ2n) is 5.47. The number of nitrogens with one attached hydrogen (secondary N) is 1. The van der Waals surface area contributed by atoms with Gasteiger partial charge in [-0.05, 0) is 24.3 Å². The van der Waals surface area contributed by atoms with E-state index in [9.17, 15) is 4.79 Å². The zero-order valence-corrected chi connectivity index (χ0v) is 12.5. The van der Waals surface area contributed by atoms with Crippen molar-refractivity contribution in [3.05, 3.63) is 78.8 Å². The number of anilines is 1. The summed E-state index contributed by atoms with van der Waals surface area (Å²) in [4.78, 5) is 19.2. The van der Waals surface area contributed by atoms with E-state index in [0.29, 0.717) is 12.1 Å². The molecule has 2 aromatic heterocycles. The highest BCUT2D eigenvalue weighted by atomic mass is 16.2. The number of pyridine rings is 1. The van der Waals surface area contributed by atoms with E-state index >= 15 is 0 Å². The summed E-state index contributed by atoms with van der Waals surface area (Å²) in [6, 6.07) is 13.4. The van der Waals surface area contributed by atoms with Gasteiger partial charge < -0.3 is 14.6 Å². The molecule has 1 aliphatic rings. The van der Waals surface area contributed by atoms with Gasteiger partial charge in [0.25, 0.3) is 5.91 Å². The Labute approximate surface area is 133 Å². The highest BCUT2D eigenvalue weighted by molar-refractivity contribution is 6.01. The van der Waals surface area contributed by atoms with E-state index in [4.69, 9.17) is 0 Å². The van der Waals surface area contributed by atoms with Crippen LogP contribution < -0.4 is 5.32 Å². The lowest BCUT2D eigenvalue weighted by atomic mass is 10.1. The van der Waals surface area contributed by atoms with Crippen LogP contribution in [0.1, 0.15) is 22.2 Å². The summed E-state index contributed by atoms with van der Waals surface area (Å²) < 4.78 is 1.95. The molecule has 0 spiro atoms. The van der Waals surface area contributed by atoms with E-state index in [0.717, 1.165) is 17.0 Å². The Balaban J connectivity index is 1.82. The predicted octanol–water partition coefficient (Wildman–Crippen LogP) is 3.09. The summed E-state index contributed by atoms with van der Waals surface area (Å²) in [6.45, 7) is 4.23. The molecule has 0 saturated heterocycles. The summed E-state index contributed by atoms with van der Waals surface area (Å²) in [7, 11) is 0. The summed E-state index contributed by atoms with van der Waals surface area (Å²) in [5, 5.41) is 3.42. The fourth-order valence-corrected chi connectivity index (χ4v) is 2.94. The van der Waals surface area contributed by atoms with Crippen molar-refractivity contribution in [1.82, 2.24) is 14.3 Å². The van der Waals surface area contributed by atoms with E-state index in [1.54, 1.807) is 11.0 Å². The molecule has 1 amide bonds. The maximum atomic E-state index is 12.8. The molecule has 3 heterocycles. The molecule has 5 nitrogen and oxygen atoms in total. The first kappa shape index (κ1) is 13.6. The third-order valence-electron chi connectivity index (χ3n) is 4.01. The number of imidazole rings is 1. The van der Waals surface area contributed by atoms with Crippen molar-refractivity contribution in [3.8, 4) is 0 Å². The first-order valence-electron chi connectivity index (χ1n) is 7.49. The third kappa shape index (κ3) is 2.17. The van der Waals surface area contributed by atoms with Gasteiger partial charge in [-0.2, -0.15) is 0 Å². The molecule has 0 saturated carbocycles. The molecule has 1 aromatic carbocycles. The minimum Gasteiger partial charge on any atom is -0.359 e. The van der Waals surface area contributed by atoms with Crippen LogP contribution in [-0.2, 0) is 0 Å². The van der Waals surface area contributed by atoms with Gasteiger partial charge in [0.15, 0.2) is 0 Å². The van der Waals surface area contributed by atoms with E-state index in [2.05, 4.69) is 16.9 Å². The highest BCUT2D eigenvalue weighted by Crippen LogP contribution is 2.32. The van der Waals surface area contributed by atoms with Crippen molar-refractivity contribution >= 4 is 17.2 Å². The van der Waals surface area contributed by atoms with Crippen molar-refractivity contribution in [2.75, 3.05) is 11.9 Å². The second kappa shape index (κ2) is 5.28. The number of nitrogens with zero attached hydrogens (tertiary/aromatic N) is 3. The van der Waals surface area contributed by atoms with Gasteiger partial charge in [-0.3, -0.25) is 4.79 Å². The van der Waals surface area contributed by atoms with Crippen molar-refractivity contribution < 1.29 is 4.79 Å². The average molecular weight is 304 g/mol. The quantitative estimate of drug-likeness (QED) is 0.757. The molecule has 0 unspecified atom stereocenters. The molecule has 4 rings (SSSR count). The van der Waals surface area contributed by atoms with Gasteiger partial charge in [0.2, 0.25) is 0 Å². The Morgan fingerprint density at radius 3 is 2.87 bits per heavy atom. The van der Waals surface area contributed by atoms with Crippen LogP contribution in [0.2, 0.25) is 0 Å². The summed E-state index contributed by atoms with van der Waals surface area (Å²) in [6.07, 6.45) is 5.32. The first-order chi connectivity index (χ1) is 11.3. The van der Waals surface area contributed by atoms with Gasteiger partial charge in [0.05, 0.1) is 5.56 Å². The molecule has 3 aromatic rings. The smallest absolute Gasteiger partial charge is 0.258 e. The van der Waals surface area contributed by atoms with E-state index in [1.807, 2.05) is 59.3 Å². The fourth-order valence-electron chi connectivity index (χ4n) is 2.94. The Morgan fingerprint density at radius 2 is 2.04 bits per heavy atom. The molecule has 0 aliphatic carbocycles. The standard InChI is InChI=1S/C18H16N4O/c1-2-10-22-17(15-12-21-11-6-5-9-16(21)19-15)20-14-8-4-3-7-13(14)18(22)23/h2-9,11-12,17,20H,1,10H2/t17-/m0/s1. The molecule has 114 valence electrons. The summed E-state index contributed by atoms with van der Waals surface area (Å²) in [5.41, 5.74) is 3.17. The van der Waals surface area contributed by atoms with Crippen LogP contribution in [0, 0.1) is 0 Å². The molecule has 23 heavy (non-hydrogen) atoms. The van der Waals surface area contributed by atoms with Crippen LogP contribution >= 0.6 is 0 Å². The van der Waals surface area contributed by atoms with Gasteiger partial charge in [-0.15, -0.1) is 6.58 Å². The molecule has 0 bridgehead atoms. The van der Waals surface area contributed by atoms with Gasteiger partial charge >= 0.3 is 0 Å². The Hall–Kier alpha value is -3.08. The van der Waals surface area contributed by atoms with Crippen LogP contribution in [0.3, 0.4) is 0 Å². The number of hydrogen-bond donors (Lipinski definition) is 1. The third-order valence-corrected chi connectivity index (χ3v) is 4.01. The molecule has 1 aliphatic heterocycles. The molecular weight excluding hydrogens is 288 g/mol. The zero-order valence-electron chi connectivity index (χ0n) is 12.5. The van der Waals surface area contributed by atoms with Crippen LogP contribution in [0.25, 0.3) is 5.65 Å². The Bertz CT molecular complexity index is 866. The largest absolute Gasteiger partial charge is 0.359 e. The normalized spacial score (nSPS) is 17.0. The number of rotatable bonds is 3. The number of carbonyl (C=O) groups excluding carboxylic acids is 1. The maximum absolute atomic E-state index is 12.8. The zero-order chi connectivity index (χ0) is 15.8. The van der Waals surface area contributed by atoms with E-state index in [-0.39, 0.29) is 12.1 Å². The lowest BCUT2D eigenvalue weighted by Gasteiger charge is -2.36. The lowest BCUT2D eigenvalue weighted by Crippen LogP contribution is -2.43. The minimum absolute atomic E-state index is 0.0127. The molecule has 0 radical (unpaired) electrons. The van der Waals surface area contributed by atoms with Crippen molar-refractivity contribution in [2.24, 2.45) is 0 Å². The van der Waals surface area contributed by atoms with Crippen LogP contribution in [-0.4, -0.2) is 26.7 Å². The fraction of sp³-hybridized carbons (Fsp3) is 0.111. The summed E-state index contributed by atoms with van der Waals surface area (Å²) >= 11 is 0. The first-order valence-corrected chi connectivity index (χ1v) is 7.49.